The van der Waals surface area contributed by atoms with E-state index < -0.39 is 18.2 Å². The zero-order valence-electron chi connectivity index (χ0n) is 14.1. The van der Waals surface area contributed by atoms with Gasteiger partial charge in [-0.1, -0.05) is 44.2 Å². The summed E-state index contributed by atoms with van der Waals surface area (Å²) in [5.74, 6) is -0.152. The molecule has 3 atom stereocenters. The Morgan fingerprint density at radius 1 is 1.25 bits per heavy atom. The number of ether oxygens (including phenoxy) is 1. The highest BCUT2D eigenvalue weighted by molar-refractivity contribution is 6.03. The van der Waals surface area contributed by atoms with Crippen molar-refractivity contribution in [1.82, 2.24) is 9.80 Å². The fourth-order valence-corrected chi connectivity index (χ4v) is 3.48. The van der Waals surface area contributed by atoms with E-state index in [0.29, 0.717) is 6.54 Å². The van der Waals surface area contributed by atoms with E-state index in [1.54, 1.807) is 4.90 Å². The van der Waals surface area contributed by atoms with E-state index in [0.717, 1.165) is 5.56 Å². The Morgan fingerprint density at radius 3 is 2.50 bits per heavy atom. The van der Waals surface area contributed by atoms with Crippen LogP contribution in [0.4, 0.5) is 4.79 Å². The maximum Gasteiger partial charge on any atom is 0.410 e. The molecular weight excluding hydrogens is 308 g/mol. The number of benzene rings is 1. The van der Waals surface area contributed by atoms with E-state index >= 15 is 0 Å². The molecule has 2 fully saturated rings. The molecule has 0 N–H and O–H groups in total. The molecule has 24 heavy (non-hydrogen) atoms. The lowest BCUT2D eigenvalue weighted by atomic mass is 9.87. The van der Waals surface area contributed by atoms with Gasteiger partial charge in [0.15, 0.2) is 5.78 Å². The van der Waals surface area contributed by atoms with Gasteiger partial charge in [0.05, 0.1) is 6.04 Å². The molecule has 6 heteroatoms. The van der Waals surface area contributed by atoms with E-state index in [4.69, 9.17) is 4.74 Å². The smallest absolute Gasteiger partial charge is 0.410 e. The standard InChI is InChI=1S/C18H22N2O4/c1-11(2)14-10-24-18(23)20(14)16-15(12(3)21)19(17(16)22)9-13-7-5-4-6-8-13/h4-8,11,14-16H,9-10H2,1-3H3/t14-,15-,16+/m1/s1. The molecule has 3 rings (SSSR count). The summed E-state index contributed by atoms with van der Waals surface area (Å²) in [7, 11) is 0. The fourth-order valence-electron chi connectivity index (χ4n) is 3.48. The highest BCUT2D eigenvalue weighted by atomic mass is 16.6. The number of ketones is 1. The monoisotopic (exact) mass is 330 g/mol. The molecular formula is C18H22N2O4. The third-order valence-electron chi connectivity index (χ3n) is 4.80. The third kappa shape index (κ3) is 2.66. The van der Waals surface area contributed by atoms with Crippen LogP contribution in [0.2, 0.25) is 0 Å². The molecule has 2 saturated heterocycles. The lowest BCUT2D eigenvalue weighted by Crippen LogP contribution is -2.73. The first-order valence-electron chi connectivity index (χ1n) is 8.21. The SMILES string of the molecule is CC(=O)[C@@H]1[C@H](N2C(=O)OC[C@@H]2C(C)C)C(=O)N1Cc1ccccc1. The fraction of sp³-hybridized carbons (Fsp3) is 0.500. The molecule has 0 bridgehead atoms. The maximum atomic E-state index is 12.7. The van der Waals surface area contributed by atoms with E-state index in [2.05, 4.69) is 0 Å². The van der Waals surface area contributed by atoms with Crippen LogP contribution in [-0.4, -0.2) is 52.3 Å². The van der Waals surface area contributed by atoms with Crippen LogP contribution in [0.15, 0.2) is 30.3 Å². The van der Waals surface area contributed by atoms with Crippen LogP contribution >= 0.6 is 0 Å². The van der Waals surface area contributed by atoms with Gasteiger partial charge in [0.25, 0.3) is 0 Å². The molecule has 1 aromatic carbocycles. The van der Waals surface area contributed by atoms with Crippen molar-refractivity contribution < 1.29 is 19.1 Å². The van der Waals surface area contributed by atoms with Crippen molar-refractivity contribution in [3.63, 3.8) is 0 Å². The van der Waals surface area contributed by atoms with Gasteiger partial charge in [-0.15, -0.1) is 0 Å². The number of rotatable bonds is 5. The maximum absolute atomic E-state index is 12.7. The Balaban J connectivity index is 1.83. The van der Waals surface area contributed by atoms with Gasteiger partial charge in [0.1, 0.15) is 18.7 Å². The van der Waals surface area contributed by atoms with Crippen LogP contribution in [0.5, 0.6) is 0 Å². The first-order chi connectivity index (χ1) is 11.4. The van der Waals surface area contributed by atoms with E-state index in [1.165, 1.54) is 11.8 Å². The molecule has 1 aromatic rings. The predicted octanol–water partition coefficient (Wildman–Crippen LogP) is 1.83. The van der Waals surface area contributed by atoms with Gasteiger partial charge in [0.2, 0.25) is 5.91 Å². The number of carbonyl (C=O) groups excluding carboxylic acids is 3. The minimum absolute atomic E-state index is 0.113. The number of likely N-dealkylation sites (tertiary alicyclic amines) is 1. The van der Waals surface area contributed by atoms with Crippen molar-refractivity contribution in [2.24, 2.45) is 5.92 Å². The number of hydrogen-bond donors (Lipinski definition) is 0. The summed E-state index contributed by atoms with van der Waals surface area (Å²) in [6.07, 6.45) is -0.502. The molecule has 2 aliphatic rings. The Labute approximate surface area is 141 Å². The zero-order chi connectivity index (χ0) is 17.4. The number of β-lactam (4-membered cyclic amide) rings is 1. The predicted molar refractivity (Wildman–Crippen MR) is 87.1 cm³/mol. The first kappa shape index (κ1) is 16.5. The topological polar surface area (TPSA) is 66.9 Å². The summed E-state index contributed by atoms with van der Waals surface area (Å²) >= 11 is 0. The van der Waals surface area contributed by atoms with Crippen molar-refractivity contribution >= 4 is 17.8 Å². The average Bonchev–Trinajstić information content (AvgIpc) is 2.92. The number of Topliss-reactive ketones (excluding diaryl/α,β-unsaturated/α-hetero) is 1. The average molecular weight is 330 g/mol. The second-order valence-electron chi connectivity index (χ2n) is 6.75. The van der Waals surface area contributed by atoms with Gasteiger partial charge < -0.3 is 9.64 Å². The van der Waals surface area contributed by atoms with Crippen LogP contribution in [0.3, 0.4) is 0 Å². The van der Waals surface area contributed by atoms with E-state index in [1.807, 2.05) is 44.2 Å². The Hall–Kier alpha value is -2.37. The Bertz CT molecular complexity index is 658. The van der Waals surface area contributed by atoms with Crippen molar-refractivity contribution in [1.29, 1.82) is 0 Å². The van der Waals surface area contributed by atoms with Gasteiger partial charge in [-0.25, -0.2) is 4.79 Å². The van der Waals surface area contributed by atoms with Gasteiger partial charge >= 0.3 is 6.09 Å². The molecule has 6 nitrogen and oxygen atoms in total. The van der Waals surface area contributed by atoms with Gasteiger partial charge in [-0.3, -0.25) is 14.5 Å². The number of cyclic esters (lactones) is 1. The molecule has 128 valence electrons. The van der Waals surface area contributed by atoms with Gasteiger partial charge in [-0.2, -0.15) is 0 Å². The molecule has 0 unspecified atom stereocenters. The van der Waals surface area contributed by atoms with Crippen LogP contribution in [-0.2, 0) is 20.9 Å². The molecule has 0 spiro atoms. The normalized spacial score (nSPS) is 26.6. The quantitative estimate of drug-likeness (QED) is 0.773. The highest BCUT2D eigenvalue weighted by Crippen LogP contribution is 2.33. The van der Waals surface area contributed by atoms with Gasteiger partial charge in [-0.05, 0) is 18.4 Å². The lowest BCUT2D eigenvalue weighted by Gasteiger charge is -2.50. The van der Waals surface area contributed by atoms with Crippen molar-refractivity contribution in [3.05, 3.63) is 35.9 Å². The van der Waals surface area contributed by atoms with Crippen LogP contribution in [0.1, 0.15) is 26.3 Å². The highest BCUT2D eigenvalue weighted by Gasteiger charge is 2.57. The van der Waals surface area contributed by atoms with E-state index in [-0.39, 0.29) is 30.3 Å². The largest absolute Gasteiger partial charge is 0.447 e. The minimum atomic E-state index is -0.742. The lowest BCUT2D eigenvalue weighted by molar-refractivity contribution is -0.164. The molecule has 2 heterocycles. The number of nitrogens with zero attached hydrogens (tertiary/aromatic N) is 2. The van der Waals surface area contributed by atoms with Crippen molar-refractivity contribution in [3.8, 4) is 0 Å². The molecule has 2 amide bonds. The summed E-state index contributed by atoms with van der Waals surface area (Å²) in [6, 6.07) is 8.00. The summed E-state index contributed by atoms with van der Waals surface area (Å²) in [5.41, 5.74) is 0.958. The van der Waals surface area contributed by atoms with E-state index in [9.17, 15) is 14.4 Å². The molecule has 0 saturated carbocycles. The summed E-state index contributed by atoms with van der Waals surface area (Å²) in [5, 5.41) is 0. The first-order valence-corrected chi connectivity index (χ1v) is 8.21. The number of hydrogen-bond acceptors (Lipinski definition) is 4. The third-order valence-corrected chi connectivity index (χ3v) is 4.80. The number of amides is 2. The number of carbonyl (C=O) groups is 3. The summed E-state index contributed by atoms with van der Waals surface area (Å²) in [6.45, 7) is 6.06. The summed E-state index contributed by atoms with van der Waals surface area (Å²) in [4.78, 5) is 40.0. The van der Waals surface area contributed by atoms with Crippen molar-refractivity contribution in [2.75, 3.05) is 6.61 Å². The van der Waals surface area contributed by atoms with Crippen LogP contribution in [0, 0.1) is 5.92 Å². The molecule has 0 radical (unpaired) electrons. The molecule has 2 aliphatic heterocycles. The van der Waals surface area contributed by atoms with Crippen LogP contribution < -0.4 is 0 Å². The van der Waals surface area contributed by atoms with Gasteiger partial charge in [0, 0.05) is 6.54 Å². The molecule has 0 aliphatic carbocycles. The summed E-state index contributed by atoms with van der Waals surface area (Å²) < 4.78 is 5.13. The van der Waals surface area contributed by atoms with Crippen molar-refractivity contribution in [2.45, 2.75) is 45.4 Å². The minimum Gasteiger partial charge on any atom is -0.447 e. The Kier molecular flexibility index (Phi) is 4.30. The van der Waals surface area contributed by atoms with Crippen LogP contribution in [0.25, 0.3) is 0 Å². The second kappa shape index (κ2) is 6.26. The molecule has 0 aromatic heterocycles. The zero-order valence-corrected chi connectivity index (χ0v) is 14.1. The Morgan fingerprint density at radius 2 is 1.92 bits per heavy atom. The second-order valence-corrected chi connectivity index (χ2v) is 6.75.